The van der Waals surface area contributed by atoms with E-state index in [-0.39, 0.29) is 11.3 Å². The van der Waals surface area contributed by atoms with Gasteiger partial charge in [0.15, 0.2) is 0 Å². The molecule has 0 radical (unpaired) electrons. The van der Waals surface area contributed by atoms with Crippen LogP contribution in [0.3, 0.4) is 0 Å². The number of aromatic nitrogens is 2. The predicted octanol–water partition coefficient (Wildman–Crippen LogP) is 2.30. The van der Waals surface area contributed by atoms with Crippen molar-refractivity contribution in [2.45, 2.75) is 0 Å². The summed E-state index contributed by atoms with van der Waals surface area (Å²) >= 11 is 0. The van der Waals surface area contributed by atoms with Gasteiger partial charge in [-0.05, 0) is 12.1 Å². The molecule has 0 amide bonds. The Labute approximate surface area is 103 Å². The summed E-state index contributed by atoms with van der Waals surface area (Å²) in [5.41, 5.74) is 2.04. The van der Waals surface area contributed by atoms with Crippen molar-refractivity contribution in [2.24, 2.45) is 0 Å². The van der Waals surface area contributed by atoms with Gasteiger partial charge in [0.05, 0.1) is 11.0 Å². The normalized spacial score (nSPS) is 10.7. The van der Waals surface area contributed by atoms with Crippen LogP contribution < -0.4 is 5.56 Å². The second-order valence-electron chi connectivity index (χ2n) is 3.98. The van der Waals surface area contributed by atoms with Crippen molar-refractivity contribution < 1.29 is 5.11 Å². The number of benzene rings is 2. The highest BCUT2D eigenvalue weighted by Gasteiger charge is 2.07. The largest absolute Gasteiger partial charge is 0.508 e. The molecule has 18 heavy (non-hydrogen) atoms. The summed E-state index contributed by atoms with van der Waals surface area (Å²) in [6.07, 6.45) is 0. The van der Waals surface area contributed by atoms with Crippen molar-refractivity contribution in [2.75, 3.05) is 0 Å². The molecule has 1 aromatic heterocycles. The standard InChI is InChI=1S/C14H10N2O2/c17-10-6-7-11-12(8-10)15-13(14(18)16-11)9-4-2-1-3-5-9/h1-8,17H,(H,16,18). The van der Waals surface area contributed by atoms with Crippen LogP contribution in [0.25, 0.3) is 22.3 Å². The SMILES string of the molecule is O=c1[nH]c2ccc(O)cc2nc1-c1ccccc1. The van der Waals surface area contributed by atoms with Gasteiger partial charge in [0, 0.05) is 11.6 Å². The van der Waals surface area contributed by atoms with Gasteiger partial charge < -0.3 is 10.1 Å². The molecule has 0 aliphatic rings. The molecule has 3 aromatic rings. The first-order chi connectivity index (χ1) is 8.74. The molecule has 0 spiro atoms. The maximum absolute atomic E-state index is 11.9. The number of H-pyrrole nitrogens is 1. The number of rotatable bonds is 1. The Balaban J connectivity index is 2.31. The number of nitrogens with one attached hydrogen (secondary N) is 1. The van der Waals surface area contributed by atoms with E-state index in [0.29, 0.717) is 16.7 Å². The fraction of sp³-hybridized carbons (Fsp3) is 0. The Morgan fingerprint density at radius 1 is 1.06 bits per heavy atom. The highest BCUT2D eigenvalue weighted by Crippen LogP contribution is 2.18. The topological polar surface area (TPSA) is 66.0 Å². The van der Waals surface area contributed by atoms with Gasteiger partial charge in [-0.25, -0.2) is 4.98 Å². The number of nitrogens with zero attached hydrogens (tertiary/aromatic N) is 1. The molecule has 0 aliphatic heterocycles. The average Bonchev–Trinajstić information content (AvgIpc) is 2.39. The molecule has 4 heteroatoms. The Morgan fingerprint density at radius 3 is 2.61 bits per heavy atom. The number of aromatic amines is 1. The van der Waals surface area contributed by atoms with Crippen molar-refractivity contribution in [3.8, 4) is 17.0 Å². The second kappa shape index (κ2) is 4.00. The molecule has 4 nitrogen and oxygen atoms in total. The highest BCUT2D eigenvalue weighted by molar-refractivity contribution is 5.78. The average molecular weight is 238 g/mol. The van der Waals surface area contributed by atoms with Gasteiger partial charge in [-0.1, -0.05) is 30.3 Å². The van der Waals surface area contributed by atoms with Gasteiger partial charge >= 0.3 is 0 Å². The third-order valence-corrected chi connectivity index (χ3v) is 2.72. The molecule has 0 aliphatic carbocycles. The third-order valence-electron chi connectivity index (χ3n) is 2.72. The van der Waals surface area contributed by atoms with Crippen molar-refractivity contribution in [3.05, 3.63) is 58.9 Å². The Hall–Kier alpha value is -2.62. The first kappa shape index (κ1) is 10.5. The smallest absolute Gasteiger partial charge is 0.274 e. The fourth-order valence-corrected chi connectivity index (χ4v) is 1.86. The van der Waals surface area contributed by atoms with Gasteiger partial charge in [0.2, 0.25) is 0 Å². The molecule has 0 bridgehead atoms. The molecule has 2 N–H and O–H groups in total. The lowest BCUT2D eigenvalue weighted by atomic mass is 10.1. The van der Waals surface area contributed by atoms with E-state index in [1.54, 1.807) is 6.07 Å². The first-order valence-corrected chi connectivity index (χ1v) is 5.52. The molecule has 1 heterocycles. The Kier molecular flexibility index (Phi) is 2.34. The van der Waals surface area contributed by atoms with Gasteiger partial charge in [-0.15, -0.1) is 0 Å². The van der Waals surface area contributed by atoms with Gasteiger partial charge in [0.1, 0.15) is 11.4 Å². The maximum atomic E-state index is 11.9. The Bertz CT molecular complexity index is 764. The molecule has 0 fully saturated rings. The minimum atomic E-state index is -0.237. The van der Waals surface area contributed by atoms with Crippen LogP contribution in [0, 0.1) is 0 Å². The maximum Gasteiger partial charge on any atom is 0.274 e. The van der Waals surface area contributed by atoms with Crippen LogP contribution in [0.15, 0.2) is 53.3 Å². The summed E-state index contributed by atoms with van der Waals surface area (Å²) in [5, 5.41) is 9.43. The van der Waals surface area contributed by atoms with Crippen LogP contribution in [0.5, 0.6) is 5.75 Å². The van der Waals surface area contributed by atoms with Crippen molar-refractivity contribution in [3.63, 3.8) is 0 Å². The van der Waals surface area contributed by atoms with Gasteiger partial charge in [0.25, 0.3) is 5.56 Å². The van der Waals surface area contributed by atoms with Crippen LogP contribution in [-0.2, 0) is 0 Å². The van der Waals surface area contributed by atoms with Crippen LogP contribution in [0.2, 0.25) is 0 Å². The number of phenolic OH excluding ortho intramolecular Hbond substituents is 1. The zero-order valence-corrected chi connectivity index (χ0v) is 9.42. The summed E-state index contributed by atoms with van der Waals surface area (Å²) < 4.78 is 0. The van der Waals surface area contributed by atoms with E-state index in [4.69, 9.17) is 0 Å². The van der Waals surface area contributed by atoms with E-state index >= 15 is 0 Å². The van der Waals surface area contributed by atoms with Crippen LogP contribution >= 0.6 is 0 Å². The lowest BCUT2D eigenvalue weighted by molar-refractivity contribution is 0.476. The molecule has 0 saturated carbocycles. The summed E-state index contributed by atoms with van der Waals surface area (Å²) in [6, 6.07) is 13.9. The van der Waals surface area contributed by atoms with Crippen molar-refractivity contribution in [1.29, 1.82) is 0 Å². The molecule has 0 unspecified atom stereocenters. The number of aromatic hydroxyl groups is 1. The zero-order chi connectivity index (χ0) is 12.5. The molecule has 0 atom stereocenters. The second-order valence-corrected chi connectivity index (χ2v) is 3.98. The quantitative estimate of drug-likeness (QED) is 0.683. The number of hydrogen-bond acceptors (Lipinski definition) is 3. The molecule has 0 saturated heterocycles. The predicted molar refractivity (Wildman–Crippen MR) is 69.5 cm³/mol. The molecule has 88 valence electrons. The Morgan fingerprint density at radius 2 is 1.83 bits per heavy atom. The lowest BCUT2D eigenvalue weighted by Gasteiger charge is -2.02. The van der Waals surface area contributed by atoms with Crippen molar-refractivity contribution in [1.82, 2.24) is 9.97 Å². The number of hydrogen-bond donors (Lipinski definition) is 2. The zero-order valence-electron chi connectivity index (χ0n) is 9.42. The molecular weight excluding hydrogens is 228 g/mol. The summed E-state index contributed by atoms with van der Waals surface area (Å²) in [4.78, 5) is 19.0. The molecule has 3 rings (SSSR count). The van der Waals surface area contributed by atoms with E-state index in [0.717, 1.165) is 5.56 Å². The monoisotopic (exact) mass is 238 g/mol. The highest BCUT2D eigenvalue weighted by atomic mass is 16.3. The first-order valence-electron chi connectivity index (χ1n) is 5.52. The van der Waals surface area contributed by atoms with Crippen LogP contribution in [0.4, 0.5) is 0 Å². The summed E-state index contributed by atoms with van der Waals surface area (Å²) in [5.74, 6) is 0.126. The number of fused-ring (bicyclic) bond motifs is 1. The van der Waals surface area contributed by atoms with E-state index < -0.39 is 0 Å². The van der Waals surface area contributed by atoms with Crippen molar-refractivity contribution >= 4 is 11.0 Å². The number of phenols is 1. The van der Waals surface area contributed by atoms with Crippen LogP contribution in [0.1, 0.15) is 0 Å². The fourth-order valence-electron chi connectivity index (χ4n) is 1.86. The van der Waals surface area contributed by atoms with Gasteiger partial charge in [-0.3, -0.25) is 4.79 Å². The summed E-state index contributed by atoms with van der Waals surface area (Å²) in [6.45, 7) is 0. The molecule has 2 aromatic carbocycles. The minimum Gasteiger partial charge on any atom is -0.508 e. The van der Waals surface area contributed by atoms with E-state index in [9.17, 15) is 9.90 Å². The lowest BCUT2D eigenvalue weighted by Crippen LogP contribution is -2.11. The van der Waals surface area contributed by atoms with E-state index in [1.165, 1.54) is 12.1 Å². The third kappa shape index (κ3) is 1.73. The van der Waals surface area contributed by atoms with E-state index in [1.807, 2.05) is 30.3 Å². The van der Waals surface area contributed by atoms with Crippen LogP contribution in [-0.4, -0.2) is 15.1 Å². The summed E-state index contributed by atoms with van der Waals surface area (Å²) in [7, 11) is 0. The molecular formula is C14H10N2O2. The van der Waals surface area contributed by atoms with Gasteiger partial charge in [-0.2, -0.15) is 0 Å². The minimum absolute atomic E-state index is 0.126. The van der Waals surface area contributed by atoms with E-state index in [2.05, 4.69) is 9.97 Å².